The predicted octanol–water partition coefficient (Wildman–Crippen LogP) is 2.40. The summed E-state index contributed by atoms with van der Waals surface area (Å²) < 4.78 is 9.84. The summed E-state index contributed by atoms with van der Waals surface area (Å²) in [5, 5.41) is 0. The standard InChI is InChI=1S/C15H20O4/c1-10-6-4-7-11-8-5-9-15(12(10)11,13(16)18-2)14(17)19-3/h6-7,12H,4-5,8-9H2,1-3H3. The maximum absolute atomic E-state index is 12.3. The van der Waals surface area contributed by atoms with Crippen molar-refractivity contribution in [3.8, 4) is 0 Å². The Kier molecular flexibility index (Phi) is 3.78. The van der Waals surface area contributed by atoms with E-state index in [4.69, 9.17) is 9.47 Å². The maximum atomic E-state index is 12.3. The molecule has 0 radical (unpaired) electrons. The molecule has 0 amide bonds. The molecule has 1 fully saturated rings. The van der Waals surface area contributed by atoms with Crippen LogP contribution in [0.4, 0.5) is 0 Å². The molecule has 4 heteroatoms. The minimum Gasteiger partial charge on any atom is -0.468 e. The van der Waals surface area contributed by atoms with E-state index in [1.165, 1.54) is 19.8 Å². The van der Waals surface area contributed by atoms with Crippen LogP contribution in [0.2, 0.25) is 0 Å². The lowest BCUT2D eigenvalue weighted by molar-refractivity contribution is -0.173. The first-order valence-electron chi connectivity index (χ1n) is 6.60. The zero-order valence-corrected chi connectivity index (χ0v) is 11.7. The minimum absolute atomic E-state index is 0.199. The molecule has 0 saturated heterocycles. The minimum atomic E-state index is -1.20. The molecule has 0 aromatic rings. The van der Waals surface area contributed by atoms with Crippen molar-refractivity contribution in [2.75, 3.05) is 14.2 Å². The number of fused-ring (bicyclic) bond motifs is 1. The molecule has 1 unspecified atom stereocenters. The van der Waals surface area contributed by atoms with Crippen molar-refractivity contribution in [1.82, 2.24) is 0 Å². The Labute approximate surface area is 113 Å². The Balaban J connectivity index is 2.54. The van der Waals surface area contributed by atoms with E-state index < -0.39 is 17.4 Å². The number of rotatable bonds is 2. The number of ether oxygens (including phenoxy) is 2. The topological polar surface area (TPSA) is 52.6 Å². The molecule has 0 N–H and O–H groups in total. The van der Waals surface area contributed by atoms with E-state index in [2.05, 4.69) is 12.2 Å². The number of methoxy groups -OCH3 is 2. The van der Waals surface area contributed by atoms with Crippen LogP contribution < -0.4 is 0 Å². The largest absolute Gasteiger partial charge is 0.468 e. The summed E-state index contributed by atoms with van der Waals surface area (Å²) in [7, 11) is 2.65. The molecule has 0 aromatic carbocycles. The molecule has 4 nitrogen and oxygen atoms in total. The highest BCUT2D eigenvalue weighted by atomic mass is 16.5. The zero-order chi connectivity index (χ0) is 14.0. The molecule has 1 saturated carbocycles. The van der Waals surface area contributed by atoms with Gasteiger partial charge in [0.2, 0.25) is 0 Å². The second-order valence-corrected chi connectivity index (χ2v) is 5.20. The van der Waals surface area contributed by atoms with Crippen molar-refractivity contribution in [3.05, 3.63) is 23.3 Å². The average molecular weight is 264 g/mol. The Hall–Kier alpha value is -1.58. The van der Waals surface area contributed by atoms with Gasteiger partial charge in [0.15, 0.2) is 5.41 Å². The summed E-state index contributed by atoms with van der Waals surface area (Å²) in [6.45, 7) is 1.98. The molecule has 0 heterocycles. The van der Waals surface area contributed by atoms with E-state index in [0.717, 1.165) is 24.8 Å². The van der Waals surface area contributed by atoms with Gasteiger partial charge < -0.3 is 9.47 Å². The molecule has 0 spiro atoms. The summed E-state index contributed by atoms with van der Waals surface area (Å²) in [5.41, 5.74) is 1.03. The fourth-order valence-electron chi connectivity index (χ4n) is 3.48. The van der Waals surface area contributed by atoms with Gasteiger partial charge in [-0.05, 0) is 32.6 Å². The average Bonchev–Trinajstić information content (AvgIpc) is 2.45. The fraction of sp³-hybridized carbons (Fsp3) is 0.600. The van der Waals surface area contributed by atoms with E-state index in [-0.39, 0.29) is 5.92 Å². The van der Waals surface area contributed by atoms with Gasteiger partial charge in [-0.1, -0.05) is 23.3 Å². The monoisotopic (exact) mass is 264 g/mol. The highest BCUT2D eigenvalue weighted by molar-refractivity contribution is 6.01. The second kappa shape index (κ2) is 5.19. The van der Waals surface area contributed by atoms with Crippen molar-refractivity contribution in [1.29, 1.82) is 0 Å². The Morgan fingerprint density at radius 3 is 2.42 bits per heavy atom. The summed E-state index contributed by atoms with van der Waals surface area (Å²) in [6.07, 6.45) is 7.29. The highest BCUT2D eigenvalue weighted by Gasteiger charge is 2.57. The van der Waals surface area contributed by atoms with Gasteiger partial charge in [-0.25, -0.2) is 0 Å². The molecule has 1 atom stereocenters. The Morgan fingerprint density at radius 1 is 1.21 bits per heavy atom. The van der Waals surface area contributed by atoms with E-state index in [9.17, 15) is 9.59 Å². The van der Waals surface area contributed by atoms with Crippen LogP contribution in [0.1, 0.15) is 32.6 Å². The lowest BCUT2D eigenvalue weighted by Crippen LogP contribution is -2.50. The zero-order valence-electron chi connectivity index (χ0n) is 11.7. The van der Waals surface area contributed by atoms with Gasteiger partial charge >= 0.3 is 11.9 Å². The predicted molar refractivity (Wildman–Crippen MR) is 70.3 cm³/mol. The first-order chi connectivity index (χ1) is 9.07. The number of hydrogen-bond acceptors (Lipinski definition) is 4. The van der Waals surface area contributed by atoms with E-state index in [0.29, 0.717) is 6.42 Å². The van der Waals surface area contributed by atoms with Crippen molar-refractivity contribution >= 4 is 11.9 Å². The third-order valence-corrected chi connectivity index (χ3v) is 4.27. The van der Waals surface area contributed by atoms with Gasteiger partial charge in [-0.2, -0.15) is 0 Å². The molecule has 0 aromatic heterocycles. The van der Waals surface area contributed by atoms with Crippen molar-refractivity contribution in [2.45, 2.75) is 32.6 Å². The van der Waals surface area contributed by atoms with Crippen LogP contribution in [0, 0.1) is 11.3 Å². The third kappa shape index (κ3) is 1.99. The molecule has 104 valence electrons. The third-order valence-electron chi connectivity index (χ3n) is 4.27. The van der Waals surface area contributed by atoms with E-state index in [1.54, 1.807) is 0 Å². The van der Waals surface area contributed by atoms with Crippen LogP contribution in [-0.2, 0) is 19.1 Å². The Morgan fingerprint density at radius 2 is 1.84 bits per heavy atom. The van der Waals surface area contributed by atoms with Gasteiger partial charge in [-0.3, -0.25) is 9.59 Å². The first kappa shape index (κ1) is 13.8. The fourth-order valence-corrected chi connectivity index (χ4v) is 3.48. The van der Waals surface area contributed by atoms with Gasteiger partial charge in [0.1, 0.15) is 0 Å². The molecule has 0 aliphatic heterocycles. The molecule has 0 bridgehead atoms. The lowest BCUT2D eigenvalue weighted by atomic mass is 9.60. The highest BCUT2D eigenvalue weighted by Crippen LogP contribution is 2.50. The summed E-state index contributed by atoms with van der Waals surface area (Å²) in [4.78, 5) is 24.6. The second-order valence-electron chi connectivity index (χ2n) is 5.20. The smallest absolute Gasteiger partial charge is 0.324 e. The van der Waals surface area contributed by atoms with Crippen LogP contribution in [-0.4, -0.2) is 26.2 Å². The molecule has 2 rings (SSSR count). The molecule has 19 heavy (non-hydrogen) atoms. The lowest BCUT2D eigenvalue weighted by Gasteiger charge is -2.42. The number of esters is 2. The van der Waals surface area contributed by atoms with Crippen LogP contribution in [0.3, 0.4) is 0 Å². The number of carbonyl (C=O) groups excluding carboxylic acids is 2. The molecule has 2 aliphatic carbocycles. The van der Waals surface area contributed by atoms with Crippen molar-refractivity contribution in [2.24, 2.45) is 11.3 Å². The first-order valence-corrected chi connectivity index (χ1v) is 6.60. The normalized spacial score (nSPS) is 24.7. The van der Waals surface area contributed by atoms with Gasteiger partial charge in [0.05, 0.1) is 14.2 Å². The van der Waals surface area contributed by atoms with E-state index >= 15 is 0 Å². The van der Waals surface area contributed by atoms with Crippen molar-refractivity contribution in [3.63, 3.8) is 0 Å². The SMILES string of the molecule is COC(=O)C1(C(=O)OC)CCCC2=CCC=C(C)C21. The van der Waals surface area contributed by atoms with Crippen molar-refractivity contribution < 1.29 is 19.1 Å². The van der Waals surface area contributed by atoms with Gasteiger partial charge in [-0.15, -0.1) is 0 Å². The van der Waals surface area contributed by atoms with Gasteiger partial charge in [0.25, 0.3) is 0 Å². The Bertz CT molecular complexity index is 443. The summed E-state index contributed by atoms with van der Waals surface area (Å²) in [5.74, 6) is -1.16. The molecule has 2 aliphatic rings. The molecular formula is C15H20O4. The van der Waals surface area contributed by atoms with Crippen LogP contribution in [0.5, 0.6) is 0 Å². The quantitative estimate of drug-likeness (QED) is 0.436. The number of carbonyl (C=O) groups is 2. The van der Waals surface area contributed by atoms with Crippen LogP contribution >= 0.6 is 0 Å². The summed E-state index contributed by atoms with van der Waals surface area (Å²) >= 11 is 0. The number of allylic oxidation sites excluding steroid dienone is 4. The number of hydrogen-bond donors (Lipinski definition) is 0. The molecular weight excluding hydrogens is 244 g/mol. The maximum Gasteiger partial charge on any atom is 0.324 e. The van der Waals surface area contributed by atoms with Crippen LogP contribution in [0.25, 0.3) is 0 Å². The van der Waals surface area contributed by atoms with Crippen LogP contribution in [0.15, 0.2) is 23.3 Å². The summed E-state index contributed by atoms with van der Waals surface area (Å²) in [6, 6.07) is 0. The van der Waals surface area contributed by atoms with E-state index in [1.807, 2.05) is 6.92 Å². The van der Waals surface area contributed by atoms with Gasteiger partial charge in [0, 0.05) is 5.92 Å².